The number of fused-ring (bicyclic) bond motifs is 1. The molecular weight excluding hydrogens is 352 g/mol. The molecule has 0 atom stereocenters. The van der Waals surface area contributed by atoms with Crippen LogP contribution in [0.3, 0.4) is 0 Å². The Hall–Kier alpha value is -1.90. The van der Waals surface area contributed by atoms with Gasteiger partial charge in [0.25, 0.3) is 0 Å². The summed E-state index contributed by atoms with van der Waals surface area (Å²) in [5.74, 6) is 0.719. The Morgan fingerprint density at radius 1 is 1.24 bits per heavy atom. The van der Waals surface area contributed by atoms with Gasteiger partial charge in [-0.1, -0.05) is 20.8 Å². The summed E-state index contributed by atoms with van der Waals surface area (Å²) in [6.45, 7) is 9.43. The molecule has 6 nitrogen and oxygen atoms in total. The Kier molecular flexibility index (Phi) is 5.12. The Labute approximate surface area is 155 Å². The molecule has 8 heteroatoms. The van der Waals surface area contributed by atoms with Crippen molar-refractivity contribution < 1.29 is 0 Å². The molecule has 132 valence electrons. The minimum atomic E-state index is 0.0913. The number of rotatable bonds is 5. The van der Waals surface area contributed by atoms with Crippen LogP contribution in [0.4, 0.5) is 5.82 Å². The SMILES string of the molecule is CNCc1sc(C=NNc2ncnc3sc(C(C)(C)C)cc23)nc1C. The summed E-state index contributed by atoms with van der Waals surface area (Å²) in [5.41, 5.74) is 4.17. The summed E-state index contributed by atoms with van der Waals surface area (Å²) >= 11 is 3.34. The van der Waals surface area contributed by atoms with Crippen molar-refractivity contribution in [3.63, 3.8) is 0 Å². The van der Waals surface area contributed by atoms with E-state index in [9.17, 15) is 0 Å². The number of hydrazone groups is 1. The standard InChI is InChI=1S/C17H22N6S2/c1-10-12(7-18-5)24-14(22-10)8-21-23-15-11-6-13(17(2,3)4)25-16(11)20-9-19-15/h6,8-9,18H,7H2,1-5H3,(H,19,20,23). The summed E-state index contributed by atoms with van der Waals surface area (Å²) in [4.78, 5) is 16.7. The van der Waals surface area contributed by atoms with Crippen molar-refractivity contribution >= 4 is 44.9 Å². The van der Waals surface area contributed by atoms with Crippen molar-refractivity contribution in [3.8, 4) is 0 Å². The van der Waals surface area contributed by atoms with Crippen LogP contribution in [0.15, 0.2) is 17.5 Å². The molecule has 0 aromatic carbocycles. The molecule has 2 N–H and O–H groups in total. The monoisotopic (exact) mass is 374 g/mol. The molecule has 0 bridgehead atoms. The Morgan fingerprint density at radius 3 is 2.76 bits per heavy atom. The lowest BCUT2D eigenvalue weighted by atomic mass is 9.94. The van der Waals surface area contributed by atoms with Gasteiger partial charge in [0.2, 0.25) is 0 Å². The summed E-state index contributed by atoms with van der Waals surface area (Å²) in [6.07, 6.45) is 3.31. The van der Waals surface area contributed by atoms with Crippen LogP contribution in [0.25, 0.3) is 10.2 Å². The Morgan fingerprint density at radius 2 is 2.04 bits per heavy atom. The lowest BCUT2D eigenvalue weighted by molar-refractivity contribution is 0.604. The fourth-order valence-corrected chi connectivity index (χ4v) is 4.30. The Bertz CT molecular complexity index is 904. The summed E-state index contributed by atoms with van der Waals surface area (Å²) < 4.78 is 0. The second-order valence-corrected chi connectivity index (χ2v) is 8.91. The molecule has 0 aliphatic carbocycles. The van der Waals surface area contributed by atoms with Crippen molar-refractivity contribution in [3.05, 3.63) is 32.8 Å². The maximum Gasteiger partial charge on any atom is 0.158 e. The molecular formula is C17H22N6S2. The first-order valence-electron chi connectivity index (χ1n) is 8.03. The second-order valence-electron chi connectivity index (χ2n) is 6.76. The van der Waals surface area contributed by atoms with E-state index < -0.39 is 0 Å². The molecule has 3 rings (SSSR count). The van der Waals surface area contributed by atoms with E-state index in [1.807, 2.05) is 14.0 Å². The third kappa shape index (κ3) is 4.02. The van der Waals surface area contributed by atoms with Gasteiger partial charge in [0.1, 0.15) is 16.2 Å². The van der Waals surface area contributed by atoms with E-state index in [0.29, 0.717) is 0 Å². The first kappa shape index (κ1) is 17.9. The van der Waals surface area contributed by atoms with Crippen LogP contribution in [0.2, 0.25) is 0 Å². The molecule has 25 heavy (non-hydrogen) atoms. The third-order valence-electron chi connectivity index (χ3n) is 3.66. The maximum atomic E-state index is 4.52. The van der Waals surface area contributed by atoms with E-state index in [1.165, 1.54) is 9.75 Å². The predicted octanol–water partition coefficient (Wildman–Crippen LogP) is 3.92. The van der Waals surface area contributed by atoms with E-state index in [-0.39, 0.29) is 5.41 Å². The van der Waals surface area contributed by atoms with Gasteiger partial charge in [-0.3, -0.25) is 5.43 Å². The van der Waals surface area contributed by atoms with Crippen molar-refractivity contribution in [1.82, 2.24) is 20.3 Å². The number of aromatic nitrogens is 3. The van der Waals surface area contributed by atoms with E-state index in [1.54, 1.807) is 35.2 Å². The van der Waals surface area contributed by atoms with E-state index in [4.69, 9.17) is 0 Å². The number of thiazole rings is 1. The van der Waals surface area contributed by atoms with Gasteiger partial charge in [-0.2, -0.15) is 5.10 Å². The number of anilines is 1. The summed E-state index contributed by atoms with van der Waals surface area (Å²) in [6, 6.07) is 2.15. The molecule has 0 amide bonds. The van der Waals surface area contributed by atoms with E-state index in [2.05, 4.69) is 57.6 Å². The normalized spacial score (nSPS) is 12.4. The zero-order valence-corrected chi connectivity index (χ0v) is 16.7. The van der Waals surface area contributed by atoms with Gasteiger partial charge in [-0.15, -0.1) is 22.7 Å². The average molecular weight is 375 g/mol. The fraction of sp³-hybridized carbons (Fsp3) is 0.412. The number of nitrogens with zero attached hydrogens (tertiary/aromatic N) is 4. The molecule has 0 spiro atoms. The van der Waals surface area contributed by atoms with Crippen LogP contribution in [0.5, 0.6) is 0 Å². The highest BCUT2D eigenvalue weighted by molar-refractivity contribution is 7.18. The van der Waals surface area contributed by atoms with Gasteiger partial charge in [0, 0.05) is 16.3 Å². The van der Waals surface area contributed by atoms with Crippen LogP contribution >= 0.6 is 22.7 Å². The van der Waals surface area contributed by atoms with Crippen LogP contribution in [-0.4, -0.2) is 28.2 Å². The van der Waals surface area contributed by atoms with Crippen molar-refractivity contribution in [2.75, 3.05) is 12.5 Å². The highest BCUT2D eigenvalue weighted by Crippen LogP contribution is 2.35. The molecule has 3 aromatic rings. The molecule has 0 radical (unpaired) electrons. The maximum absolute atomic E-state index is 4.52. The molecule has 3 heterocycles. The minimum Gasteiger partial charge on any atom is -0.315 e. The quantitative estimate of drug-likeness (QED) is 0.523. The third-order valence-corrected chi connectivity index (χ3v) is 6.22. The zero-order chi connectivity index (χ0) is 18.0. The predicted molar refractivity (Wildman–Crippen MR) is 107 cm³/mol. The minimum absolute atomic E-state index is 0.0913. The van der Waals surface area contributed by atoms with Crippen LogP contribution in [0.1, 0.15) is 41.2 Å². The first-order chi connectivity index (χ1) is 11.9. The number of aryl methyl sites for hydroxylation is 1. The average Bonchev–Trinajstić information content (AvgIpc) is 3.12. The highest BCUT2D eigenvalue weighted by atomic mass is 32.1. The summed E-state index contributed by atoms with van der Waals surface area (Å²) in [7, 11) is 1.93. The van der Waals surface area contributed by atoms with Crippen LogP contribution in [-0.2, 0) is 12.0 Å². The fourth-order valence-electron chi connectivity index (χ4n) is 2.29. The van der Waals surface area contributed by atoms with Crippen molar-refractivity contribution in [2.45, 2.75) is 39.7 Å². The number of thiophene rings is 1. The Balaban J connectivity index is 1.81. The highest BCUT2D eigenvalue weighted by Gasteiger charge is 2.18. The molecule has 0 aliphatic rings. The second kappa shape index (κ2) is 7.15. The largest absolute Gasteiger partial charge is 0.315 e. The van der Waals surface area contributed by atoms with Crippen LogP contribution in [0, 0.1) is 6.92 Å². The van der Waals surface area contributed by atoms with Gasteiger partial charge in [-0.05, 0) is 25.5 Å². The first-order valence-corrected chi connectivity index (χ1v) is 9.67. The lowest BCUT2D eigenvalue weighted by Gasteiger charge is -2.14. The zero-order valence-electron chi connectivity index (χ0n) is 15.0. The molecule has 3 aromatic heterocycles. The van der Waals surface area contributed by atoms with Gasteiger partial charge in [-0.25, -0.2) is 15.0 Å². The number of hydrogen-bond acceptors (Lipinski definition) is 8. The number of hydrogen-bond donors (Lipinski definition) is 2. The van der Waals surface area contributed by atoms with Gasteiger partial charge in [0.05, 0.1) is 17.3 Å². The van der Waals surface area contributed by atoms with Crippen molar-refractivity contribution in [1.29, 1.82) is 0 Å². The number of nitrogens with one attached hydrogen (secondary N) is 2. The molecule has 0 fully saturated rings. The van der Waals surface area contributed by atoms with Gasteiger partial charge >= 0.3 is 0 Å². The van der Waals surface area contributed by atoms with Gasteiger partial charge < -0.3 is 5.32 Å². The van der Waals surface area contributed by atoms with Crippen LogP contribution < -0.4 is 10.7 Å². The van der Waals surface area contributed by atoms with E-state index in [0.717, 1.165) is 33.3 Å². The molecule has 0 saturated carbocycles. The smallest absolute Gasteiger partial charge is 0.158 e. The van der Waals surface area contributed by atoms with Gasteiger partial charge in [0.15, 0.2) is 5.82 Å². The van der Waals surface area contributed by atoms with E-state index >= 15 is 0 Å². The molecule has 0 saturated heterocycles. The topological polar surface area (TPSA) is 75.1 Å². The lowest BCUT2D eigenvalue weighted by Crippen LogP contribution is -2.07. The summed E-state index contributed by atoms with van der Waals surface area (Å²) in [5, 5.41) is 9.34. The molecule has 0 unspecified atom stereocenters. The molecule has 0 aliphatic heterocycles. The van der Waals surface area contributed by atoms with Crippen molar-refractivity contribution in [2.24, 2.45) is 5.10 Å².